The van der Waals surface area contributed by atoms with Gasteiger partial charge in [0.15, 0.2) is 0 Å². The molecule has 38 heavy (non-hydrogen) atoms. The minimum Gasteiger partial charge on any atom is -0.478 e. The van der Waals surface area contributed by atoms with Crippen molar-refractivity contribution in [2.75, 3.05) is 0 Å². The summed E-state index contributed by atoms with van der Waals surface area (Å²) in [6.07, 6.45) is 8.47. The normalized spacial score (nSPS) is 10.2. The van der Waals surface area contributed by atoms with Crippen LogP contribution in [-0.2, 0) is 14.4 Å². The first-order valence-electron chi connectivity index (χ1n) is 10.4. The number of carboxylic acids is 1. The van der Waals surface area contributed by atoms with Crippen molar-refractivity contribution < 1.29 is 19.5 Å². The third kappa shape index (κ3) is 16.5. The molecule has 1 N–H and O–H groups in total. The number of carboxylic acid groups (broad SMARTS) is 1. The van der Waals surface area contributed by atoms with Crippen molar-refractivity contribution in [1.29, 1.82) is 0 Å². The van der Waals surface area contributed by atoms with Gasteiger partial charge in [0.05, 0.1) is 0 Å². The van der Waals surface area contributed by atoms with Crippen molar-refractivity contribution in [2.24, 2.45) is 5.11 Å². The van der Waals surface area contributed by atoms with Gasteiger partial charge in [-0.2, -0.15) is 0 Å². The standard InChI is InChI=1S/C9H6BrClO.C9H6BrN3O.C9H7BrO2/c10-8-4-1-7(2-5-8)3-6-9(11)12;10-8-4-1-7(2-5-8)3-6-9(14)12-13-11;10-8-4-1-7(2-5-8)3-6-9(11)12/h1-6H;1-6H;1-6H,(H,11,12)/b6-3+;;6-3+. The molecule has 0 bridgehead atoms. The molecule has 11 heteroatoms. The molecule has 0 heterocycles. The van der Waals surface area contributed by atoms with Gasteiger partial charge in [-0.1, -0.05) is 96.3 Å². The summed E-state index contributed by atoms with van der Waals surface area (Å²) in [7, 11) is 0. The number of carbonyl (C=O) groups is 3. The van der Waals surface area contributed by atoms with Gasteiger partial charge in [0.25, 0.3) is 0 Å². The van der Waals surface area contributed by atoms with Gasteiger partial charge >= 0.3 is 5.97 Å². The zero-order valence-corrected chi connectivity index (χ0v) is 24.9. The monoisotopic (exact) mass is 721 g/mol. The summed E-state index contributed by atoms with van der Waals surface area (Å²) >= 11 is 15.0. The molecule has 0 spiro atoms. The highest BCUT2D eigenvalue weighted by Gasteiger charge is 1.91. The first-order valence-corrected chi connectivity index (χ1v) is 13.2. The second kappa shape index (κ2) is 18.9. The number of carbonyl (C=O) groups excluding carboxylic acids is 2. The summed E-state index contributed by atoms with van der Waals surface area (Å²) in [4.78, 5) is 33.6. The fraction of sp³-hybridized carbons (Fsp3) is 0. The van der Waals surface area contributed by atoms with E-state index in [-0.39, 0.29) is 0 Å². The minimum atomic E-state index is -0.932. The Kier molecular flexibility index (Phi) is 16.3. The molecule has 0 aliphatic heterocycles. The van der Waals surface area contributed by atoms with Gasteiger partial charge in [-0.25, -0.2) is 4.79 Å². The molecule has 3 rings (SSSR count). The number of rotatable bonds is 6. The maximum absolute atomic E-state index is 10.8. The predicted octanol–water partition coefficient (Wildman–Crippen LogP) is 9.07. The van der Waals surface area contributed by atoms with Crippen molar-refractivity contribution in [3.63, 3.8) is 0 Å². The average Bonchev–Trinajstić information content (AvgIpc) is 2.88. The van der Waals surface area contributed by atoms with Crippen LogP contribution in [0.4, 0.5) is 0 Å². The Morgan fingerprint density at radius 1 is 0.684 bits per heavy atom. The molecular weight excluding hydrogens is 705 g/mol. The molecule has 1 amide bonds. The first kappa shape index (κ1) is 32.8. The number of allylic oxidation sites excluding steroid dienone is 1. The fourth-order valence-corrected chi connectivity index (χ4v) is 3.15. The van der Waals surface area contributed by atoms with Crippen LogP contribution in [0.1, 0.15) is 16.7 Å². The quantitative estimate of drug-likeness (QED) is 0.0897. The number of hydrogen-bond donors (Lipinski definition) is 1. The molecule has 3 aromatic rings. The summed E-state index contributed by atoms with van der Waals surface area (Å²) < 4.78 is 2.96. The van der Waals surface area contributed by atoms with Gasteiger partial charge in [-0.05, 0) is 93.6 Å². The summed E-state index contributed by atoms with van der Waals surface area (Å²) in [6.45, 7) is 0. The molecule has 0 saturated heterocycles. The average molecular weight is 725 g/mol. The molecule has 0 atom stereocenters. The van der Waals surface area contributed by atoms with Crippen molar-refractivity contribution in [3.8, 4) is 0 Å². The Bertz CT molecular complexity index is 1280. The van der Waals surface area contributed by atoms with E-state index in [1.807, 2.05) is 72.8 Å². The van der Waals surface area contributed by atoms with Gasteiger partial charge in [0.1, 0.15) is 0 Å². The van der Waals surface area contributed by atoms with Gasteiger partial charge in [0.2, 0.25) is 11.1 Å². The lowest BCUT2D eigenvalue weighted by Crippen LogP contribution is -1.85. The highest BCUT2D eigenvalue weighted by molar-refractivity contribution is 9.11. The lowest BCUT2D eigenvalue weighted by atomic mass is 10.2. The summed E-state index contributed by atoms with van der Waals surface area (Å²) in [6, 6.07) is 22.4. The zero-order chi connectivity index (χ0) is 28.3. The number of halogens is 4. The smallest absolute Gasteiger partial charge is 0.328 e. The molecule has 0 aliphatic rings. The van der Waals surface area contributed by atoms with Crippen LogP contribution >= 0.6 is 59.4 Å². The Labute approximate surface area is 249 Å². The maximum Gasteiger partial charge on any atom is 0.328 e. The molecule has 0 fully saturated rings. The summed E-state index contributed by atoms with van der Waals surface area (Å²) in [5.41, 5.74) is 10.7. The van der Waals surface area contributed by atoms with E-state index in [1.54, 1.807) is 18.2 Å². The molecular formula is C27H19Br3ClN3O4. The highest BCUT2D eigenvalue weighted by Crippen LogP contribution is 2.13. The van der Waals surface area contributed by atoms with E-state index < -0.39 is 17.1 Å². The van der Waals surface area contributed by atoms with E-state index in [1.165, 1.54) is 12.2 Å². The minimum absolute atomic E-state index is 0.460. The van der Waals surface area contributed by atoms with Crippen LogP contribution in [-0.4, -0.2) is 22.2 Å². The fourth-order valence-electron chi connectivity index (χ4n) is 2.30. The molecule has 3 aromatic carbocycles. The Morgan fingerprint density at radius 3 is 1.34 bits per heavy atom. The number of amides is 1. The number of nitrogens with zero attached hydrogens (tertiary/aromatic N) is 3. The largest absolute Gasteiger partial charge is 0.478 e. The second-order valence-electron chi connectivity index (χ2n) is 6.82. The van der Waals surface area contributed by atoms with Crippen LogP contribution in [0.15, 0.2) is 110 Å². The van der Waals surface area contributed by atoms with Gasteiger partial charge in [-0.3, -0.25) is 9.59 Å². The van der Waals surface area contributed by atoms with E-state index in [0.717, 1.165) is 36.2 Å². The van der Waals surface area contributed by atoms with Crippen molar-refractivity contribution in [3.05, 3.63) is 132 Å². The summed E-state index contributed by atoms with van der Waals surface area (Å²) in [5.74, 6) is -1.53. The zero-order valence-electron chi connectivity index (χ0n) is 19.4. The molecule has 0 aliphatic carbocycles. The highest BCUT2D eigenvalue weighted by atomic mass is 79.9. The van der Waals surface area contributed by atoms with E-state index in [2.05, 4.69) is 57.8 Å². The lowest BCUT2D eigenvalue weighted by Gasteiger charge is -1.91. The third-order valence-corrected chi connectivity index (χ3v) is 5.71. The number of hydrogen-bond acceptors (Lipinski definition) is 3. The van der Waals surface area contributed by atoms with E-state index >= 15 is 0 Å². The van der Waals surface area contributed by atoms with E-state index in [0.29, 0.717) is 0 Å². The molecule has 194 valence electrons. The van der Waals surface area contributed by atoms with Crippen LogP contribution in [0.3, 0.4) is 0 Å². The molecule has 0 saturated carbocycles. The van der Waals surface area contributed by atoms with E-state index in [9.17, 15) is 14.4 Å². The van der Waals surface area contributed by atoms with Crippen LogP contribution < -0.4 is 0 Å². The molecule has 0 aromatic heterocycles. The van der Waals surface area contributed by atoms with Crippen LogP contribution in [0.5, 0.6) is 0 Å². The van der Waals surface area contributed by atoms with Crippen molar-refractivity contribution in [2.45, 2.75) is 0 Å². The number of azide groups is 1. The van der Waals surface area contributed by atoms with E-state index in [4.69, 9.17) is 22.2 Å². The second-order valence-corrected chi connectivity index (χ2v) is 9.94. The van der Waals surface area contributed by atoms with Crippen LogP contribution in [0.2, 0.25) is 0 Å². The molecule has 0 unspecified atom stereocenters. The Hall–Kier alpha value is -3.27. The summed E-state index contributed by atoms with van der Waals surface area (Å²) in [5, 5.41) is 10.8. The van der Waals surface area contributed by atoms with Crippen LogP contribution in [0.25, 0.3) is 28.7 Å². The maximum atomic E-state index is 10.8. The topological polar surface area (TPSA) is 120 Å². The predicted molar refractivity (Wildman–Crippen MR) is 162 cm³/mol. The third-order valence-electron chi connectivity index (χ3n) is 4.00. The van der Waals surface area contributed by atoms with Gasteiger partial charge in [0, 0.05) is 24.4 Å². The Morgan fingerprint density at radius 2 is 1.03 bits per heavy atom. The molecule has 7 nitrogen and oxygen atoms in total. The van der Waals surface area contributed by atoms with Crippen LogP contribution in [0, 0.1) is 0 Å². The van der Waals surface area contributed by atoms with Crippen molar-refractivity contribution >= 4 is 94.7 Å². The Balaban J connectivity index is 0.000000286. The van der Waals surface area contributed by atoms with Crippen molar-refractivity contribution in [1.82, 2.24) is 0 Å². The van der Waals surface area contributed by atoms with Gasteiger partial charge < -0.3 is 5.11 Å². The lowest BCUT2D eigenvalue weighted by molar-refractivity contribution is -0.131. The SMILES string of the molecule is O=C(Cl)/C=C/c1ccc(Br)cc1.O=C(O)/C=C/c1ccc(Br)cc1.[N-]=[N+]=NC(=O)C=Cc1ccc(Br)cc1. The number of benzene rings is 3. The first-order chi connectivity index (χ1) is 18.1. The number of aliphatic carboxylic acids is 1. The van der Waals surface area contributed by atoms with Gasteiger partial charge in [-0.15, -0.1) is 0 Å². The molecule has 0 radical (unpaired) electrons.